The summed E-state index contributed by atoms with van der Waals surface area (Å²) in [6, 6.07) is 0. The third kappa shape index (κ3) is 1.55. The van der Waals surface area contributed by atoms with Crippen LogP contribution in [-0.2, 0) is 6.18 Å². The summed E-state index contributed by atoms with van der Waals surface area (Å²) in [5.41, 5.74) is -0.979. The van der Waals surface area contributed by atoms with Crippen molar-refractivity contribution < 1.29 is 13.2 Å². The Kier molecular flexibility index (Phi) is 1.92. The second-order valence-electron chi connectivity index (χ2n) is 1.77. The Balaban J connectivity index is 3.15. The summed E-state index contributed by atoms with van der Waals surface area (Å²) in [6.45, 7) is 0. The van der Waals surface area contributed by atoms with Gasteiger partial charge in [0, 0.05) is 10.9 Å². The molecule has 1 heterocycles. The lowest BCUT2D eigenvalue weighted by Crippen LogP contribution is -2.04. The number of rotatable bonds is 0. The molecule has 11 heavy (non-hydrogen) atoms. The Morgan fingerprint density at radius 2 is 2.18 bits per heavy atom. The van der Waals surface area contributed by atoms with Crippen LogP contribution in [-0.4, -0.2) is 0 Å². The summed E-state index contributed by atoms with van der Waals surface area (Å²) in [6.07, 6.45) is 0.455. The van der Waals surface area contributed by atoms with Crippen molar-refractivity contribution in [2.45, 2.75) is 6.18 Å². The molecular weight excluding hydrogens is 173 g/mol. The molecule has 0 N–H and O–H groups in total. The first kappa shape index (κ1) is 8.15. The van der Waals surface area contributed by atoms with Crippen LogP contribution < -0.4 is 0 Å². The van der Waals surface area contributed by atoms with Gasteiger partial charge in [-0.3, -0.25) is 0 Å². The van der Waals surface area contributed by atoms with Crippen LogP contribution in [0.25, 0.3) is 0 Å². The number of alkyl halides is 3. The normalized spacial score (nSPS) is 11.1. The van der Waals surface area contributed by atoms with Crippen LogP contribution in [0.4, 0.5) is 13.2 Å². The van der Waals surface area contributed by atoms with Gasteiger partial charge in [0.1, 0.15) is 0 Å². The zero-order chi connectivity index (χ0) is 8.48. The minimum Gasteiger partial charge on any atom is -0.166 e. The first-order valence-corrected chi connectivity index (χ1v) is 3.46. The van der Waals surface area contributed by atoms with E-state index in [1.54, 1.807) is 0 Å². The topological polar surface area (TPSA) is 0 Å². The molecule has 1 aromatic rings. The molecule has 0 unspecified atom stereocenters. The SMILES string of the molecule is C#Cc1cs[c]c1C(F)(F)F. The quantitative estimate of drug-likeness (QED) is 0.531. The zero-order valence-corrected chi connectivity index (χ0v) is 6.01. The van der Waals surface area contributed by atoms with Gasteiger partial charge in [-0.1, -0.05) is 5.92 Å². The minimum atomic E-state index is -4.37. The van der Waals surface area contributed by atoms with Crippen LogP contribution >= 0.6 is 11.3 Å². The van der Waals surface area contributed by atoms with Crippen LogP contribution in [0.2, 0.25) is 0 Å². The molecule has 0 bridgehead atoms. The Hall–Kier alpha value is -0.950. The van der Waals surface area contributed by atoms with E-state index in [4.69, 9.17) is 6.42 Å². The Morgan fingerprint density at radius 1 is 1.55 bits per heavy atom. The van der Waals surface area contributed by atoms with Crippen molar-refractivity contribution in [3.05, 3.63) is 21.9 Å². The van der Waals surface area contributed by atoms with Crippen molar-refractivity contribution >= 4 is 11.3 Å². The molecule has 1 aromatic heterocycles. The van der Waals surface area contributed by atoms with Crippen molar-refractivity contribution in [3.63, 3.8) is 0 Å². The molecule has 4 heteroatoms. The van der Waals surface area contributed by atoms with Gasteiger partial charge in [0.25, 0.3) is 0 Å². The molecule has 0 saturated heterocycles. The van der Waals surface area contributed by atoms with Crippen LogP contribution in [0, 0.1) is 17.7 Å². The van der Waals surface area contributed by atoms with Crippen molar-refractivity contribution in [1.82, 2.24) is 0 Å². The van der Waals surface area contributed by atoms with Gasteiger partial charge in [0.05, 0.1) is 10.9 Å². The van der Waals surface area contributed by atoms with Crippen molar-refractivity contribution in [2.24, 2.45) is 0 Å². The highest BCUT2D eigenvalue weighted by molar-refractivity contribution is 7.07. The fourth-order valence-electron chi connectivity index (χ4n) is 0.578. The standard InChI is InChI=1S/C7H2F3S/c1-2-5-3-11-4-6(5)7(8,9)10/h1,3H. The first-order valence-electron chi connectivity index (χ1n) is 2.58. The molecule has 0 nitrogen and oxygen atoms in total. The molecule has 0 atom stereocenters. The largest absolute Gasteiger partial charge is 0.419 e. The predicted molar refractivity (Wildman–Crippen MR) is 36.1 cm³/mol. The lowest BCUT2D eigenvalue weighted by molar-refractivity contribution is -0.137. The number of hydrogen-bond donors (Lipinski definition) is 0. The van der Waals surface area contributed by atoms with Gasteiger partial charge in [-0.15, -0.1) is 17.8 Å². The Morgan fingerprint density at radius 3 is 2.55 bits per heavy atom. The molecule has 0 aliphatic rings. The Bertz CT molecular complexity index is 289. The highest BCUT2D eigenvalue weighted by atomic mass is 32.1. The number of hydrogen-bond acceptors (Lipinski definition) is 1. The zero-order valence-electron chi connectivity index (χ0n) is 5.20. The molecule has 0 saturated carbocycles. The van der Waals surface area contributed by atoms with E-state index in [9.17, 15) is 13.2 Å². The van der Waals surface area contributed by atoms with Crippen LogP contribution in [0.1, 0.15) is 11.1 Å². The molecule has 0 aliphatic carbocycles. The van der Waals surface area contributed by atoms with Crippen LogP contribution in [0.3, 0.4) is 0 Å². The van der Waals surface area contributed by atoms with Crippen molar-refractivity contribution in [3.8, 4) is 12.3 Å². The average molecular weight is 175 g/mol. The van der Waals surface area contributed by atoms with E-state index in [1.807, 2.05) is 5.92 Å². The fourth-order valence-corrected chi connectivity index (χ4v) is 1.28. The van der Waals surface area contributed by atoms with Gasteiger partial charge in [0.15, 0.2) is 0 Å². The molecule has 1 rings (SSSR count). The summed E-state index contributed by atoms with van der Waals surface area (Å²) >= 11 is 0.830. The van der Waals surface area contributed by atoms with Gasteiger partial charge in [-0.2, -0.15) is 13.2 Å². The summed E-state index contributed by atoms with van der Waals surface area (Å²) in [7, 11) is 0. The van der Waals surface area contributed by atoms with E-state index in [-0.39, 0.29) is 5.56 Å². The summed E-state index contributed by atoms with van der Waals surface area (Å²) in [4.78, 5) is 0. The minimum absolute atomic E-state index is 0.137. The number of halogens is 3. The maximum absolute atomic E-state index is 11.9. The third-order valence-electron chi connectivity index (χ3n) is 1.05. The van der Waals surface area contributed by atoms with Gasteiger partial charge < -0.3 is 0 Å². The highest BCUT2D eigenvalue weighted by Gasteiger charge is 2.33. The first-order chi connectivity index (χ1) is 5.05. The second kappa shape index (κ2) is 2.59. The predicted octanol–water partition coefficient (Wildman–Crippen LogP) is 2.55. The van der Waals surface area contributed by atoms with Gasteiger partial charge in [-0.05, 0) is 0 Å². The molecule has 0 aromatic carbocycles. The molecule has 0 fully saturated rings. The molecule has 1 radical (unpaired) electrons. The highest BCUT2D eigenvalue weighted by Crippen LogP contribution is 2.33. The Labute approximate surface area is 65.7 Å². The number of thiophene rings is 1. The molecule has 0 aliphatic heterocycles. The van der Waals surface area contributed by atoms with E-state index in [2.05, 4.69) is 5.38 Å². The van der Waals surface area contributed by atoms with Crippen LogP contribution in [0.15, 0.2) is 5.38 Å². The van der Waals surface area contributed by atoms with Gasteiger partial charge in [0.2, 0.25) is 0 Å². The monoisotopic (exact) mass is 175 g/mol. The maximum atomic E-state index is 11.9. The summed E-state index contributed by atoms with van der Waals surface area (Å²) in [5, 5.41) is 3.32. The van der Waals surface area contributed by atoms with E-state index >= 15 is 0 Å². The van der Waals surface area contributed by atoms with Crippen molar-refractivity contribution in [2.75, 3.05) is 0 Å². The number of terminal acetylenes is 1. The van der Waals surface area contributed by atoms with E-state index in [0.717, 1.165) is 11.3 Å². The molecule has 0 amide bonds. The summed E-state index contributed by atoms with van der Waals surface area (Å²) in [5.74, 6) is 1.94. The maximum Gasteiger partial charge on any atom is 0.419 e. The van der Waals surface area contributed by atoms with E-state index in [0.29, 0.717) is 0 Å². The molecule has 0 spiro atoms. The third-order valence-corrected chi connectivity index (χ3v) is 1.72. The van der Waals surface area contributed by atoms with E-state index < -0.39 is 11.7 Å². The van der Waals surface area contributed by atoms with Crippen molar-refractivity contribution in [1.29, 1.82) is 0 Å². The smallest absolute Gasteiger partial charge is 0.166 e. The van der Waals surface area contributed by atoms with Gasteiger partial charge in [-0.25, -0.2) is 0 Å². The molecular formula is C7H2F3S. The van der Waals surface area contributed by atoms with E-state index in [1.165, 1.54) is 5.38 Å². The molecule has 57 valence electrons. The summed E-state index contributed by atoms with van der Waals surface area (Å²) < 4.78 is 35.8. The van der Waals surface area contributed by atoms with Gasteiger partial charge >= 0.3 is 6.18 Å². The lowest BCUT2D eigenvalue weighted by atomic mass is 10.2. The average Bonchev–Trinajstić information content (AvgIpc) is 2.31. The van der Waals surface area contributed by atoms with Crippen LogP contribution in [0.5, 0.6) is 0 Å². The fraction of sp³-hybridized carbons (Fsp3) is 0.143. The lowest BCUT2D eigenvalue weighted by Gasteiger charge is -2.02. The second-order valence-corrected chi connectivity index (χ2v) is 2.44.